The van der Waals surface area contributed by atoms with Crippen molar-refractivity contribution < 1.29 is 4.79 Å². The predicted octanol–water partition coefficient (Wildman–Crippen LogP) is 1.59. The molecule has 23 heavy (non-hydrogen) atoms. The van der Waals surface area contributed by atoms with Crippen molar-refractivity contribution >= 4 is 27.8 Å². The summed E-state index contributed by atoms with van der Waals surface area (Å²) in [5, 5.41) is 0. The molecule has 2 aromatic rings. The van der Waals surface area contributed by atoms with Gasteiger partial charge in [-0.05, 0) is 21.5 Å². The van der Waals surface area contributed by atoms with E-state index < -0.39 is 0 Å². The number of carbonyl (C=O) groups excluding carboxylic acids is 1. The van der Waals surface area contributed by atoms with Crippen molar-refractivity contribution in [2.45, 2.75) is 6.04 Å². The molecule has 1 amide bonds. The monoisotopic (exact) mass is 375 g/mol. The number of amides is 1. The average molecular weight is 376 g/mol. The van der Waals surface area contributed by atoms with E-state index in [-0.39, 0.29) is 11.9 Å². The Balaban J connectivity index is 1.69. The van der Waals surface area contributed by atoms with Crippen LogP contribution >= 0.6 is 15.9 Å². The zero-order valence-electron chi connectivity index (χ0n) is 12.6. The molecule has 2 heterocycles. The molecule has 1 atom stereocenters. The van der Waals surface area contributed by atoms with Crippen molar-refractivity contribution in [3.05, 3.63) is 52.8 Å². The van der Waals surface area contributed by atoms with Crippen molar-refractivity contribution in [1.29, 1.82) is 0 Å². The van der Waals surface area contributed by atoms with Crippen LogP contribution in [0.15, 0.2) is 47.2 Å². The minimum Gasteiger partial charge on any atom is -0.368 e. The Bertz CT molecular complexity index is 656. The Kier molecular flexibility index (Phi) is 4.88. The van der Waals surface area contributed by atoms with Crippen LogP contribution in [0.4, 0.5) is 5.95 Å². The SMILES string of the molecule is NC(=O)C(c1ccccc1)N1CCN(c2ncc(Br)cn2)CC1. The first-order valence-corrected chi connectivity index (χ1v) is 8.25. The van der Waals surface area contributed by atoms with Crippen molar-refractivity contribution in [1.82, 2.24) is 14.9 Å². The van der Waals surface area contributed by atoms with Crippen molar-refractivity contribution in [2.75, 3.05) is 31.1 Å². The third-order valence-electron chi connectivity index (χ3n) is 3.95. The fourth-order valence-electron chi connectivity index (χ4n) is 2.84. The lowest BCUT2D eigenvalue weighted by molar-refractivity contribution is -0.123. The molecule has 0 saturated carbocycles. The van der Waals surface area contributed by atoms with Gasteiger partial charge in [-0.15, -0.1) is 0 Å². The molecule has 0 radical (unpaired) electrons. The molecular weight excluding hydrogens is 358 g/mol. The highest BCUT2D eigenvalue weighted by molar-refractivity contribution is 9.10. The van der Waals surface area contributed by atoms with E-state index in [0.29, 0.717) is 5.95 Å². The van der Waals surface area contributed by atoms with E-state index in [1.807, 2.05) is 30.3 Å². The molecule has 7 heteroatoms. The Morgan fingerprint density at radius 1 is 1.09 bits per heavy atom. The number of aromatic nitrogens is 2. The van der Waals surface area contributed by atoms with E-state index in [4.69, 9.17) is 5.73 Å². The Labute approximate surface area is 143 Å². The van der Waals surface area contributed by atoms with Crippen molar-refractivity contribution in [3.63, 3.8) is 0 Å². The van der Waals surface area contributed by atoms with Gasteiger partial charge in [0.1, 0.15) is 6.04 Å². The van der Waals surface area contributed by atoms with Gasteiger partial charge >= 0.3 is 0 Å². The third kappa shape index (κ3) is 3.68. The molecule has 6 nitrogen and oxygen atoms in total. The molecule has 1 unspecified atom stereocenters. The highest BCUT2D eigenvalue weighted by Crippen LogP contribution is 2.23. The quantitative estimate of drug-likeness (QED) is 0.877. The molecular formula is C16H18BrN5O. The summed E-state index contributed by atoms with van der Waals surface area (Å²) in [6.07, 6.45) is 3.48. The maximum Gasteiger partial charge on any atom is 0.239 e. The number of halogens is 1. The second kappa shape index (κ2) is 7.06. The van der Waals surface area contributed by atoms with Gasteiger partial charge in [-0.3, -0.25) is 9.69 Å². The second-order valence-electron chi connectivity index (χ2n) is 5.44. The molecule has 0 spiro atoms. The van der Waals surface area contributed by atoms with Gasteiger partial charge < -0.3 is 10.6 Å². The van der Waals surface area contributed by atoms with E-state index in [1.54, 1.807) is 12.4 Å². The fraction of sp³-hybridized carbons (Fsp3) is 0.312. The topological polar surface area (TPSA) is 75.4 Å². The number of hydrogen-bond donors (Lipinski definition) is 1. The Morgan fingerprint density at radius 3 is 2.26 bits per heavy atom. The van der Waals surface area contributed by atoms with Gasteiger partial charge in [0, 0.05) is 38.6 Å². The van der Waals surface area contributed by atoms with Crippen LogP contribution in [-0.4, -0.2) is 47.0 Å². The van der Waals surface area contributed by atoms with Crippen LogP contribution in [0.1, 0.15) is 11.6 Å². The maximum absolute atomic E-state index is 11.9. The number of primary amides is 1. The number of benzene rings is 1. The summed E-state index contributed by atoms with van der Waals surface area (Å²) in [5.41, 5.74) is 6.58. The minimum atomic E-state index is -0.385. The van der Waals surface area contributed by atoms with Crippen LogP contribution < -0.4 is 10.6 Å². The molecule has 0 aliphatic carbocycles. The predicted molar refractivity (Wildman–Crippen MR) is 91.9 cm³/mol. The van der Waals surface area contributed by atoms with Crippen LogP contribution in [0.2, 0.25) is 0 Å². The number of nitrogens with two attached hydrogens (primary N) is 1. The molecule has 1 aromatic heterocycles. The molecule has 1 fully saturated rings. The van der Waals surface area contributed by atoms with E-state index >= 15 is 0 Å². The highest BCUT2D eigenvalue weighted by atomic mass is 79.9. The number of carbonyl (C=O) groups is 1. The molecule has 1 aromatic carbocycles. The number of anilines is 1. The van der Waals surface area contributed by atoms with Crippen LogP contribution in [0, 0.1) is 0 Å². The fourth-order valence-corrected chi connectivity index (χ4v) is 3.04. The lowest BCUT2D eigenvalue weighted by Gasteiger charge is -2.38. The lowest BCUT2D eigenvalue weighted by Crippen LogP contribution is -2.50. The first kappa shape index (κ1) is 15.9. The lowest BCUT2D eigenvalue weighted by atomic mass is 10.0. The second-order valence-corrected chi connectivity index (χ2v) is 6.36. The summed E-state index contributed by atoms with van der Waals surface area (Å²) < 4.78 is 0.859. The van der Waals surface area contributed by atoms with E-state index in [1.165, 1.54) is 0 Å². The van der Waals surface area contributed by atoms with E-state index in [2.05, 4.69) is 35.7 Å². The average Bonchev–Trinajstić information content (AvgIpc) is 2.57. The van der Waals surface area contributed by atoms with Crippen molar-refractivity contribution in [3.8, 4) is 0 Å². The summed E-state index contributed by atoms with van der Waals surface area (Å²) in [7, 11) is 0. The number of nitrogens with zero attached hydrogens (tertiary/aromatic N) is 4. The first-order valence-electron chi connectivity index (χ1n) is 7.46. The normalized spacial score (nSPS) is 17.0. The summed E-state index contributed by atoms with van der Waals surface area (Å²) in [5.74, 6) is 0.396. The molecule has 3 rings (SSSR count). The Morgan fingerprint density at radius 2 is 1.70 bits per heavy atom. The molecule has 1 aliphatic rings. The molecule has 1 aliphatic heterocycles. The summed E-state index contributed by atoms with van der Waals surface area (Å²) >= 11 is 3.34. The zero-order valence-corrected chi connectivity index (χ0v) is 14.2. The van der Waals surface area contributed by atoms with Crippen LogP contribution in [-0.2, 0) is 4.79 Å². The number of hydrogen-bond acceptors (Lipinski definition) is 5. The smallest absolute Gasteiger partial charge is 0.239 e. The van der Waals surface area contributed by atoms with Crippen LogP contribution in [0.3, 0.4) is 0 Å². The maximum atomic E-state index is 11.9. The van der Waals surface area contributed by atoms with Gasteiger partial charge in [-0.25, -0.2) is 9.97 Å². The van der Waals surface area contributed by atoms with Gasteiger partial charge in [-0.1, -0.05) is 30.3 Å². The first-order chi connectivity index (χ1) is 11.1. The molecule has 1 saturated heterocycles. The molecule has 120 valence electrons. The highest BCUT2D eigenvalue weighted by Gasteiger charge is 2.29. The van der Waals surface area contributed by atoms with Crippen LogP contribution in [0.25, 0.3) is 0 Å². The Hall–Kier alpha value is -1.99. The summed E-state index contributed by atoms with van der Waals surface area (Å²) in [4.78, 5) is 24.8. The van der Waals surface area contributed by atoms with Gasteiger partial charge in [0.05, 0.1) is 4.47 Å². The van der Waals surface area contributed by atoms with Gasteiger partial charge in [0.15, 0.2) is 0 Å². The van der Waals surface area contributed by atoms with Crippen molar-refractivity contribution in [2.24, 2.45) is 5.73 Å². The summed E-state index contributed by atoms with van der Waals surface area (Å²) in [6, 6.07) is 9.29. The zero-order chi connectivity index (χ0) is 16.2. The van der Waals surface area contributed by atoms with E-state index in [0.717, 1.165) is 36.2 Å². The summed E-state index contributed by atoms with van der Waals surface area (Å²) in [6.45, 7) is 3.00. The van der Waals surface area contributed by atoms with Gasteiger partial charge in [0.25, 0.3) is 0 Å². The standard InChI is InChI=1S/C16H18BrN5O/c17-13-10-19-16(20-11-13)22-8-6-21(7-9-22)14(15(18)23)12-4-2-1-3-5-12/h1-5,10-11,14H,6-9H2,(H2,18,23). The van der Waals surface area contributed by atoms with Gasteiger partial charge in [0.2, 0.25) is 11.9 Å². The molecule has 2 N–H and O–H groups in total. The third-order valence-corrected chi connectivity index (χ3v) is 4.36. The molecule has 0 bridgehead atoms. The largest absolute Gasteiger partial charge is 0.368 e. The van der Waals surface area contributed by atoms with Gasteiger partial charge in [-0.2, -0.15) is 0 Å². The minimum absolute atomic E-state index is 0.315. The van der Waals surface area contributed by atoms with E-state index in [9.17, 15) is 4.79 Å². The number of piperazine rings is 1. The van der Waals surface area contributed by atoms with Crippen LogP contribution in [0.5, 0.6) is 0 Å². The number of rotatable bonds is 4.